The minimum Gasteiger partial charge on any atom is -0.394 e. The van der Waals surface area contributed by atoms with Crippen LogP contribution in [0.3, 0.4) is 0 Å². The third-order valence-corrected chi connectivity index (χ3v) is 13.5. The summed E-state index contributed by atoms with van der Waals surface area (Å²) < 4.78 is 25.3. The fraction of sp³-hybridized carbons (Fsp3) is 0.939. The van der Waals surface area contributed by atoms with Crippen LogP contribution in [-0.4, -0.2) is 82.3 Å². The van der Waals surface area contributed by atoms with E-state index in [1.54, 1.807) is 0 Å². The Hall–Kier alpha value is -0.580. The summed E-state index contributed by atoms with van der Waals surface area (Å²) in [5, 5.41) is 40.4. The number of fused-ring (bicyclic) bond motifs is 7. The largest absolute Gasteiger partial charge is 0.394 e. The Morgan fingerprint density at radius 1 is 0.976 bits per heavy atom. The molecule has 232 valence electrons. The zero-order valence-corrected chi connectivity index (χ0v) is 25.3. The molecule has 3 saturated carbocycles. The average Bonchev–Trinajstić information content (AvgIpc) is 3.40. The second-order valence-corrected chi connectivity index (χ2v) is 15.5. The summed E-state index contributed by atoms with van der Waals surface area (Å²) in [6.45, 7) is 10.1. The lowest BCUT2D eigenvalue weighted by Crippen LogP contribution is -2.60. The molecule has 3 saturated heterocycles. The summed E-state index contributed by atoms with van der Waals surface area (Å²) in [6, 6.07) is 0. The van der Waals surface area contributed by atoms with Gasteiger partial charge in [-0.05, 0) is 91.8 Å². The molecule has 3 aliphatic heterocycles. The maximum Gasteiger partial charge on any atom is 0.186 e. The van der Waals surface area contributed by atoms with Crippen molar-refractivity contribution in [2.45, 2.75) is 134 Å². The molecular weight excluding hydrogens is 524 g/mol. The minimum atomic E-state index is -1.41. The highest BCUT2D eigenvalue weighted by Crippen LogP contribution is 2.70. The van der Waals surface area contributed by atoms with E-state index in [-0.39, 0.29) is 17.3 Å². The van der Waals surface area contributed by atoms with Crippen LogP contribution < -0.4 is 0 Å². The van der Waals surface area contributed by atoms with Crippen molar-refractivity contribution >= 4 is 0 Å². The highest BCUT2D eigenvalue weighted by molar-refractivity contribution is 5.26. The van der Waals surface area contributed by atoms with Gasteiger partial charge in [0.2, 0.25) is 0 Å². The summed E-state index contributed by atoms with van der Waals surface area (Å²) in [5.74, 6) is 3.28. The molecule has 16 unspecified atom stereocenters. The van der Waals surface area contributed by atoms with Gasteiger partial charge in [-0.2, -0.15) is 0 Å². The molecular formula is C33H52O8. The third-order valence-electron chi connectivity index (χ3n) is 13.5. The van der Waals surface area contributed by atoms with Crippen LogP contribution in [0.25, 0.3) is 0 Å². The highest BCUT2D eigenvalue weighted by Gasteiger charge is 2.68. The summed E-state index contributed by atoms with van der Waals surface area (Å²) in [6.07, 6.45) is 6.24. The molecule has 7 aliphatic rings. The van der Waals surface area contributed by atoms with Gasteiger partial charge in [-0.1, -0.05) is 39.3 Å². The lowest BCUT2D eigenvalue weighted by molar-refractivity contribution is -0.313. The second kappa shape index (κ2) is 10.2. The van der Waals surface area contributed by atoms with Gasteiger partial charge in [0.1, 0.15) is 24.4 Å². The molecule has 1 spiro atoms. The monoisotopic (exact) mass is 576 g/mol. The molecule has 6 fully saturated rings. The first-order chi connectivity index (χ1) is 19.5. The Morgan fingerprint density at radius 2 is 1.78 bits per heavy atom. The molecule has 7 rings (SSSR count). The zero-order chi connectivity index (χ0) is 28.9. The normalized spacial score (nSPS) is 58.3. The van der Waals surface area contributed by atoms with Crippen LogP contribution in [0.2, 0.25) is 0 Å². The molecule has 0 aromatic rings. The molecule has 16 atom stereocenters. The zero-order valence-electron chi connectivity index (χ0n) is 25.3. The SMILES string of the molecule is CC1CCC2(OC1)OC1CC3C4CC=C5CC(OC6OC(CO)C(O)C(O)C6O)CCC5(C)C4CCC3(C)C1C2C. The molecule has 41 heavy (non-hydrogen) atoms. The minimum absolute atomic E-state index is 0.129. The first-order valence-corrected chi connectivity index (χ1v) is 16.5. The van der Waals surface area contributed by atoms with E-state index in [1.165, 1.54) is 24.8 Å². The highest BCUT2D eigenvalue weighted by atomic mass is 16.7. The maximum atomic E-state index is 10.5. The standard InChI is InChI=1S/C33H52O8/c1-17-7-12-33(38-16-17)18(2)26-24(41-33)14-23-21-6-5-19-13-20(8-10-31(19,3)22(21)9-11-32(23,26)4)39-30-29(37)28(36)27(35)25(15-34)40-30/h5,17-18,20-30,34-37H,6-16H2,1-4H3. The van der Waals surface area contributed by atoms with Crippen LogP contribution in [0.1, 0.15) is 85.5 Å². The molecule has 0 radical (unpaired) electrons. The second-order valence-electron chi connectivity index (χ2n) is 15.5. The third kappa shape index (κ3) is 4.29. The van der Waals surface area contributed by atoms with E-state index in [0.29, 0.717) is 47.0 Å². The van der Waals surface area contributed by atoms with Crippen molar-refractivity contribution in [1.29, 1.82) is 0 Å². The maximum absolute atomic E-state index is 10.5. The Kier molecular flexibility index (Phi) is 7.27. The Labute approximate surface area is 244 Å². The fourth-order valence-electron chi connectivity index (χ4n) is 11.1. The van der Waals surface area contributed by atoms with Crippen LogP contribution >= 0.6 is 0 Å². The van der Waals surface area contributed by atoms with Crippen molar-refractivity contribution in [2.24, 2.45) is 46.3 Å². The number of aliphatic hydroxyl groups excluding tert-OH is 4. The van der Waals surface area contributed by atoms with Crippen LogP contribution in [0.4, 0.5) is 0 Å². The van der Waals surface area contributed by atoms with Gasteiger partial charge in [0.25, 0.3) is 0 Å². The molecule has 0 aromatic heterocycles. The summed E-state index contributed by atoms with van der Waals surface area (Å²) in [5.41, 5.74) is 1.91. The number of hydrogen-bond acceptors (Lipinski definition) is 8. The van der Waals surface area contributed by atoms with Gasteiger partial charge in [-0.3, -0.25) is 0 Å². The molecule has 0 bridgehead atoms. The molecule has 8 nitrogen and oxygen atoms in total. The number of rotatable bonds is 3. The van der Waals surface area contributed by atoms with Crippen molar-refractivity contribution in [2.75, 3.05) is 13.2 Å². The first-order valence-electron chi connectivity index (χ1n) is 16.5. The molecule has 4 aliphatic carbocycles. The van der Waals surface area contributed by atoms with E-state index in [2.05, 4.69) is 33.8 Å². The molecule has 3 heterocycles. The van der Waals surface area contributed by atoms with Gasteiger partial charge in [-0.25, -0.2) is 0 Å². The summed E-state index contributed by atoms with van der Waals surface area (Å²) >= 11 is 0. The van der Waals surface area contributed by atoms with Crippen molar-refractivity contribution < 1.29 is 39.4 Å². The van der Waals surface area contributed by atoms with Gasteiger partial charge >= 0.3 is 0 Å². The Bertz CT molecular complexity index is 1020. The van der Waals surface area contributed by atoms with Crippen LogP contribution in [0.5, 0.6) is 0 Å². The van der Waals surface area contributed by atoms with Crippen molar-refractivity contribution in [3.8, 4) is 0 Å². The van der Waals surface area contributed by atoms with E-state index in [0.717, 1.165) is 45.1 Å². The quantitative estimate of drug-likeness (QED) is 0.377. The van der Waals surface area contributed by atoms with E-state index in [9.17, 15) is 20.4 Å². The Morgan fingerprint density at radius 3 is 2.51 bits per heavy atom. The van der Waals surface area contributed by atoms with Gasteiger partial charge in [0.15, 0.2) is 12.1 Å². The average molecular weight is 577 g/mol. The van der Waals surface area contributed by atoms with Gasteiger partial charge in [0, 0.05) is 12.3 Å². The van der Waals surface area contributed by atoms with E-state index < -0.39 is 37.3 Å². The van der Waals surface area contributed by atoms with Gasteiger partial charge in [-0.15, -0.1) is 0 Å². The van der Waals surface area contributed by atoms with Crippen LogP contribution in [0, 0.1) is 46.3 Å². The number of ether oxygens (including phenoxy) is 4. The van der Waals surface area contributed by atoms with Gasteiger partial charge in [0.05, 0.1) is 25.4 Å². The topological polar surface area (TPSA) is 118 Å². The molecule has 4 N–H and O–H groups in total. The summed E-state index contributed by atoms with van der Waals surface area (Å²) in [4.78, 5) is 0. The summed E-state index contributed by atoms with van der Waals surface area (Å²) in [7, 11) is 0. The number of allylic oxidation sites excluding steroid dienone is 1. The van der Waals surface area contributed by atoms with E-state index in [4.69, 9.17) is 18.9 Å². The van der Waals surface area contributed by atoms with E-state index in [1.807, 2.05) is 0 Å². The first kappa shape index (κ1) is 29.1. The lowest BCUT2D eigenvalue weighted by atomic mass is 9.47. The van der Waals surface area contributed by atoms with Crippen molar-refractivity contribution in [3.63, 3.8) is 0 Å². The predicted molar refractivity (Wildman–Crippen MR) is 150 cm³/mol. The van der Waals surface area contributed by atoms with E-state index >= 15 is 0 Å². The lowest BCUT2D eigenvalue weighted by Gasteiger charge is -2.58. The fourth-order valence-corrected chi connectivity index (χ4v) is 11.1. The smallest absolute Gasteiger partial charge is 0.186 e. The van der Waals surface area contributed by atoms with Gasteiger partial charge < -0.3 is 39.4 Å². The Balaban J connectivity index is 1.05. The predicted octanol–water partition coefficient (Wildman–Crippen LogP) is 3.54. The number of hydrogen-bond donors (Lipinski definition) is 4. The molecule has 8 heteroatoms. The number of aliphatic hydroxyl groups is 4. The van der Waals surface area contributed by atoms with Crippen LogP contribution in [0.15, 0.2) is 11.6 Å². The van der Waals surface area contributed by atoms with Crippen molar-refractivity contribution in [1.82, 2.24) is 0 Å². The van der Waals surface area contributed by atoms with Crippen molar-refractivity contribution in [3.05, 3.63) is 11.6 Å². The molecule has 0 aromatic carbocycles. The van der Waals surface area contributed by atoms with Crippen LogP contribution in [-0.2, 0) is 18.9 Å². The molecule has 0 amide bonds.